The molecule has 0 aromatic heterocycles. The summed E-state index contributed by atoms with van der Waals surface area (Å²) >= 11 is 0. The number of aliphatic carboxylic acids is 1. The van der Waals surface area contributed by atoms with Gasteiger partial charge >= 0.3 is 5.97 Å². The SMILES string of the molecule is O=C(NCC1(C(=O)O)CCCC1)C1CC2CCC1N2. The number of amides is 1. The Morgan fingerprint density at radius 3 is 2.53 bits per heavy atom. The number of fused-ring (bicyclic) bond motifs is 2. The third-order valence-electron chi connectivity index (χ3n) is 5.25. The predicted octanol–water partition coefficient (Wildman–Crippen LogP) is 0.888. The van der Waals surface area contributed by atoms with Gasteiger partial charge in [0.15, 0.2) is 0 Å². The fraction of sp³-hybridized carbons (Fsp3) is 0.857. The zero-order valence-corrected chi connectivity index (χ0v) is 11.2. The Bertz CT molecular complexity index is 390. The molecule has 0 aromatic rings. The molecule has 0 spiro atoms. The van der Waals surface area contributed by atoms with Crippen LogP contribution in [0.25, 0.3) is 0 Å². The van der Waals surface area contributed by atoms with Crippen molar-refractivity contribution in [3.8, 4) is 0 Å². The van der Waals surface area contributed by atoms with Gasteiger partial charge in [0.05, 0.1) is 11.3 Å². The number of rotatable bonds is 4. The van der Waals surface area contributed by atoms with Crippen molar-refractivity contribution in [1.29, 1.82) is 0 Å². The molecule has 3 aliphatic rings. The Morgan fingerprint density at radius 1 is 1.26 bits per heavy atom. The van der Waals surface area contributed by atoms with Gasteiger partial charge in [0.1, 0.15) is 0 Å². The second-order valence-electron chi connectivity index (χ2n) is 6.40. The van der Waals surface area contributed by atoms with Gasteiger partial charge in [0, 0.05) is 18.6 Å². The van der Waals surface area contributed by atoms with Crippen LogP contribution in [-0.2, 0) is 9.59 Å². The number of carbonyl (C=O) groups excluding carboxylic acids is 1. The average Bonchev–Trinajstić information content (AvgIpc) is 3.11. The molecule has 1 aliphatic carbocycles. The third-order valence-corrected chi connectivity index (χ3v) is 5.25. The van der Waals surface area contributed by atoms with E-state index < -0.39 is 11.4 Å². The van der Waals surface area contributed by atoms with E-state index in [0.717, 1.165) is 25.7 Å². The lowest BCUT2D eigenvalue weighted by molar-refractivity contribution is -0.148. The van der Waals surface area contributed by atoms with Crippen LogP contribution in [0, 0.1) is 11.3 Å². The highest BCUT2D eigenvalue weighted by atomic mass is 16.4. The first-order valence-corrected chi connectivity index (χ1v) is 7.38. The van der Waals surface area contributed by atoms with Crippen molar-refractivity contribution < 1.29 is 14.7 Å². The molecule has 3 atom stereocenters. The number of nitrogens with one attached hydrogen (secondary N) is 2. The second kappa shape index (κ2) is 4.78. The van der Waals surface area contributed by atoms with Crippen molar-refractivity contribution in [2.75, 3.05) is 6.54 Å². The van der Waals surface area contributed by atoms with Gasteiger partial charge in [-0.3, -0.25) is 9.59 Å². The lowest BCUT2D eigenvalue weighted by Gasteiger charge is -2.26. The van der Waals surface area contributed by atoms with E-state index in [9.17, 15) is 14.7 Å². The van der Waals surface area contributed by atoms with Gasteiger partial charge in [-0.05, 0) is 32.1 Å². The molecule has 2 bridgehead atoms. The highest BCUT2D eigenvalue weighted by Crippen LogP contribution is 2.38. The van der Waals surface area contributed by atoms with Crippen LogP contribution in [0.2, 0.25) is 0 Å². The molecule has 106 valence electrons. The van der Waals surface area contributed by atoms with E-state index in [2.05, 4.69) is 10.6 Å². The van der Waals surface area contributed by atoms with Crippen molar-refractivity contribution in [1.82, 2.24) is 10.6 Å². The molecule has 0 aromatic carbocycles. The van der Waals surface area contributed by atoms with Crippen molar-refractivity contribution in [2.24, 2.45) is 11.3 Å². The molecule has 3 unspecified atom stereocenters. The minimum absolute atomic E-state index is 0.0472. The van der Waals surface area contributed by atoms with E-state index >= 15 is 0 Å². The molecule has 1 saturated carbocycles. The first-order chi connectivity index (χ1) is 9.11. The van der Waals surface area contributed by atoms with Gasteiger partial charge in [0.25, 0.3) is 0 Å². The van der Waals surface area contributed by atoms with E-state index in [0.29, 0.717) is 31.5 Å². The Balaban J connectivity index is 1.57. The summed E-state index contributed by atoms with van der Waals surface area (Å²) in [6.45, 7) is 0.301. The number of hydrogen-bond acceptors (Lipinski definition) is 3. The molecule has 5 heteroatoms. The summed E-state index contributed by atoms with van der Waals surface area (Å²) in [5.41, 5.74) is -0.708. The molecular weight excluding hydrogens is 244 g/mol. The van der Waals surface area contributed by atoms with Gasteiger partial charge in [-0.25, -0.2) is 0 Å². The first kappa shape index (κ1) is 12.9. The summed E-state index contributed by atoms with van der Waals surface area (Å²) in [6, 6.07) is 0.815. The van der Waals surface area contributed by atoms with Crippen LogP contribution >= 0.6 is 0 Å². The maximum atomic E-state index is 12.2. The zero-order chi connectivity index (χ0) is 13.5. The summed E-state index contributed by atoms with van der Waals surface area (Å²) in [5, 5.41) is 15.7. The highest BCUT2D eigenvalue weighted by Gasteiger charge is 2.45. The molecule has 0 radical (unpaired) electrons. The third kappa shape index (κ3) is 2.24. The second-order valence-corrected chi connectivity index (χ2v) is 6.40. The van der Waals surface area contributed by atoms with E-state index in [4.69, 9.17) is 0 Å². The van der Waals surface area contributed by atoms with Crippen LogP contribution in [-0.4, -0.2) is 35.6 Å². The standard InChI is InChI=1S/C14H22N2O3/c17-12(10-7-9-3-4-11(10)16-9)15-8-14(13(18)19)5-1-2-6-14/h9-11,16H,1-8H2,(H,15,17)(H,18,19). The molecule has 2 heterocycles. The Hall–Kier alpha value is -1.10. The molecule has 3 fully saturated rings. The van der Waals surface area contributed by atoms with Gasteiger partial charge in [-0.15, -0.1) is 0 Å². The summed E-state index contributed by atoms with van der Waals surface area (Å²) in [7, 11) is 0. The van der Waals surface area contributed by atoms with Gasteiger partial charge in [0.2, 0.25) is 5.91 Å². The Morgan fingerprint density at radius 2 is 2.00 bits per heavy atom. The van der Waals surface area contributed by atoms with Crippen molar-refractivity contribution in [3.05, 3.63) is 0 Å². The van der Waals surface area contributed by atoms with Crippen LogP contribution in [0.15, 0.2) is 0 Å². The molecule has 3 rings (SSSR count). The average molecular weight is 266 g/mol. The number of carbonyl (C=O) groups is 2. The Kier molecular flexibility index (Phi) is 3.25. The van der Waals surface area contributed by atoms with Gasteiger partial charge in [-0.2, -0.15) is 0 Å². The van der Waals surface area contributed by atoms with E-state index in [1.165, 1.54) is 6.42 Å². The summed E-state index contributed by atoms with van der Waals surface area (Å²) in [5.74, 6) is -0.658. The van der Waals surface area contributed by atoms with Crippen LogP contribution in [0.5, 0.6) is 0 Å². The molecule has 2 saturated heterocycles. The minimum Gasteiger partial charge on any atom is -0.481 e. The smallest absolute Gasteiger partial charge is 0.311 e. The van der Waals surface area contributed by atoms with Gasteiger partial charge in [-0.1, -0.05) is 12.8 Å². The van der Waals surface area contributed by atoms with E-state index in [1.54, 1.807) is 0 Å². The fourth-order valence-electron chi connectivity index (χ4n) is 4.02. The zero-order valence-electron chi connectivity index (χ0n) is 11.2. The normalized spacial score (nSPS) is 35.5. The first-order valence-electron chi connectivity index (χ1n) is 7.38. The number of carboxylic acid groups (broad SMARTS) is 1. The monoisotopic (exact) mass is 266 g/mol. The quantitative estimate of drug-likeness (QED) is 0.706. The molecule has 5 nitrogen and oxygen atoms in total. The van der Waals surface area contributed by atoms with Crippen molar-refractivity contribution in [2.45, 2.75) is 57.0 Å². The number of carboxylic acids is 1. The topological polar surface area (TPSA) is 78.4 Å². The van der Waals surface area contributed by atoms with E-state index in [-0.39, 0.29) is 11.8 Å². The van der Waals surface area contributed by atoms with Crippen LogP contribution in [0.3, 0.4) is 0 Å². The van der Waals surface area contributed by atoms with E-state index in [1.807, 2.05) is 0 Å². The molecule has 1 amide bonds. The molecule has 3 N–H and O–H groups in total. The summed E-state index contributed by atoms with van der Waals surface area (Å²) in [4.78, 5) is 23.6. The summed E-state index contributed by atoms with van der Waals surface area (Å²) < 4.78 is 0. The van der Waals surface area contributed by atoms with Crippen LogP contribution < -0.4 is 10.6 Å². The fourth-order valence-corrected chi connectivity index (χ4v) is 4.02. The maximum absolute atomic E-state index is 12.2. The molecule has 19 heavy (non-hydrogen) atoms. The predicted molar refractivity (Wildman–Crippen MR) is 69.6 cm³/mol. The summed E-state index contributed by atoms with van der Waals surface area (Å²) in [6.07, 6.45) is 6.46. The van der Waals surface area contributed by atoms with Crippen LogP contribution in [0.4, 0.5) is 0 Å². The Labute approximate surface area is 113 Å². The highest BCUT2D eigenvalue weighted by molar-refractivity contribution is 5.82. The number of hydrogen-bond donors (Lipinski definition) is 3. The lowest BCUT2D eigenvalue weighted by Crippen LogP contribution is -2.45. The maximum Gasteiger partial charge on any atom is 0.311 e. The molecule has 2 aliphatic heterocycles. The van der Waals surface area contributed by atoms with Gasteiger partial charge < -0.3 is 15.7 Å². The largest absolute Gasteiger partial charge is 0.481 e. The van der Waals surface area contributed by atoms with Crippen molar-refractivity contribution in [3.63, 3.8) is 0 Å². The van der Waals surface area contributed by atoms with Crippen LogP contribution in [0.1, 0.15) is 44.9 Å². The minimum atomic E-state index is -0.753. The van der Waals surface area contributed by atoms with Crippen molar-refractivity contribution >= 4 is 11.9 Å². The lowest BCUT2D eigenvalue weighted by atomic mass is 9.85. The molecular formula is C14H22N2O3.